The van der Waals surface area contributed by atoms with Crippen LogP contribution in [0.5, 0.6) is 0 Å². The molecule has 1 atom stereocenters. The lowest BCUT2D eigenvalue weighted by atomic mass is 10.1. The van der Waals surface area contributed by atoms with E-state index in [1.165, 1.54) is 17.5 Å². The Hall–Kier alpha value is -1.43. The summed E-state index contributed by atoms with van der Waals surface area (Å²) in [7, 11) is 0. The molecule has 2 N–H and O–H groups in total. The molecule has 6 heteroatoms. The van der Waals surface area contributed by atoms with Gasteiger partial charge in [-0.2, -0.15) is 0 Å². The SMILES string of the molecule is CCC(CC(=O)O)NC(=O)c1cnc(C)s1. The summed E-state index contributed by atoms with van der Waals surface area (Å²) in [6.07, 6.45) is 2.04. The number of amides is 1. The molecule has 0 aliphatic carbocycles. The van der Waals surface area contributed by atoms with E-state index in [1.807, 2.05) is 13.8 Å². The van der Waals surface area contributed by atoms with Crippen molar-refractivity contribution >= 4 is 23.2 Å². The van der Waals surface area contributed by atoms with Crippen LogP contribution in [0.25, 0.3) is 0 Å². The molecule has 5 nitrogen and oxygen atoms in total. The summed E-state index contributed by atoms with van der Waals surface area (Å²) in [5.74, 6) is -1.16. The molecule has 1 rings (SSSR count). The first-order chi connectivity index (χ1) is 7.52. The highest BCUT2D eigenvalue weighted by Gasteiger charge is 2.16. The fraction of sp³-hybridized carbons (Fsp3) is 0.500. The highest BCUT2D eigenvalue weighted by Crippen LogP contribution is 2.12. The molecular formula is C10H14N2O3S. The molecule has 0 saturated heterocycles. The maximum atomic E-state index is 11.7. The van der Waals surface area contributed by atoms with Gasteiger partial charge < -0.3 is 10.4 Å². The molecule has 1 aromatic rings. The molecule has 16 heavy (non-hydrogen) atoms. The minimum Gasteiger partial charge on any atom is -0.481 e. The number of aromatic nitrogens is 1. The Morgan fingerprint density at radius 1 is 1.62 bits per heavy atom. The average Bonchev–Trinajstić information content (AvgIpc) is 2.63. The van der Waals surface area contributed by atoms with Crippen LogP contribution >= 0.6 is 11.3 Å². The predicted octanol–water partition coefficient (Wildman–Crippen LogP) is 1.43. The van der Waals surface area contributed by atoms with E-state index in [4.69, 9.17) is 5.11 Å². The molecule has 0 fully saturated rings. The van der Waals surface area contributed by atoms with Gasteiger partial charge in [-0.3, -0.25) is 9.59 Å². The van der Waals surface area contributed by atoms with Gasteiger partial charge in [-0.25, -0.2) is 4.98 Å². The zero-order valence-electron chi connectivity index (χ0n) is 9.19. The van der Waals surface area contributed by atoms with E-state index in [0.717, 1.165) is 5.01 Å². The molecule has 0 aliphatic rings. The second-order valence-electron chi connectivity index (χ2n) is 3.42. The summed E-state index contributed by atoms with van der Waals surface area (Å²) < 4.78 is 0. The lowest BCUT2D eigenvalue weighted by Crippen LogP contribution is -2.35. The number of hydrogen-bond acceptors (Lipinski definition) is 4. The van der Waals surface area contributed by atoms with Gasteiger partial charge in [0.05, 0.1) is 17.6 Å². The Morgan fingerprint density at radius 3 is 2.75 bits per heavy atom. The van der Waals surface area contributed by atoms with Gasteiger partial charge in [-0.1, -0.05) is 6.92 Å². The summed E-state index contributed by atoms with van der Waals surface area (Å²) in [5.41, 5.74) is 0. The summed E-state index contributed by atoms with van der Waals surface area (Å²) in [5, 5.41) is 12.1. The third-order valence-corrected chi connectivity index (χ3v) is 3.01. The van der Waals surface area contributed by atoms with Crippen molar-refractivity contribution in [1.82, 2.24) is 10.3 Å². The first kappa shape index (κ1) is 12.6. The Kier molecular flexibility index (Phi) is 4.42. The molecule has 0 saturated carbocycles. The Balaban J connectivity index is 2.58. The van der Waals surface area contributed by atoms with Crippen molar-refractivity contribution in [2.24, 2.45) is 0 Å². The molecule has 1 unspecified atom stereocenters. The standard InChI is InChI=1S/C10H14N2O3S/c1-3-7(4-9(13)14)12-10(15)8-5-11-6(2)16-8/h5,7H,3-4H2,1-2H3,(H,12,15)(H,13,14). The van der Waals surface area contributed by atoms with Crippen LogP contribution in [0.15, 0.2) is 6.20 Å². The Bertz CT molecular complexity index is 389. The summed E-state index contributed by atoms with van der Waals surface area (Å²) in [6, 6.07) is -0.326. The van der Waals surface area contributed by atoms with Crippen molar-refractivity contribution in [3.8, 4) is 0 Å². The van der Waals surface area contributed by atoms with E-state index in [-0.39, 0.29) is 18.4 Å². The molecular weight excluding hydrogens is 228 g/mol. The zero-order chi connectivity index (χ0) is 12.1. The second-order valence-corrected chi connectivity index (χ2v) is 4.65. The van der Waals surface area contributed by atoms with E-state index in [2.05, 4.69) is 10.3 Å². The molecule has 1 heterocycles. The van der Waals surface area contributed by atoms with Crippen molar-refractivity contribution in [1.29, 1.82) is 0 Å². The smallest absolute Gasteiger partial charge is 0.305 e. The Labute approximate surface area is 97.5 Å². The van der Waals surface area contributed by atoms with E-state index in [1.54, 1.807) is 0 Å². The number of nitrogens with zero attached hydrogens (tertiary/aromatic N) is 1. The van der Waals surface area contributed by atoms with Gasteiger partial charge in [0.25, 0.3) is 5.91 Å². The molecule has 1 amide bonds. The monoisotopic (exact) mass is 242 g/mol. The first-order valence-corrected chi connectivity index (χ1v) is 5.79. The fourth-order valence-electron chi connectivity index (χ4n) is 1.23. The number of hydrogen-bond donors (Lipinski definition) is 2. The van der Waals surface area contributed by atoms with Crippen LogP contribution in [0.1, 0.15) is 34.4 Å². The predicted molar refractivity (Wildman–Crippen MR) is 60.6 cm³/mol. The number of rotatable bonds is 5. The van der Waals surface area contributed by atoms with Gasteiger partial charge in [-0.05, 0) is 13.3 Å². The summed E-state index contributed by atoms with van der Waals surface area (Å²) in [6.45, 7) is 3.65. The maximum Gasteiger partial charge on any atom is 0.305 e. The molecule has 0 spiro atoms. The van der Waals surface area contributed by atoms with Gasteiger partial charge in [0.2, 0.25) is 0 Å². The van der Waals surface area contributed by atoms with Crippen LogP contribution < -0.4 is 5.32 Å². The van der Waals surface area contributed by atoms with Gasteiger partial charge in [0, 0.05) is 6.04 Å². The van der Waals surface area contributed by atoms with Gasteiger partial charge in [0.15, 0.2) is 0 Å². The minimum atomic E-state index is -0.910. The number of thiazole rings is 1. The van der Waals surface area contributed by atoms with Crippen LogP contribution in [-0.4, -0.2) is 28.0 Å². The average molecular weight is 242 g/mol. The number of nitrogens with one attached hydrogen (secondary N) is 1. The topological polar surface area (TPSA) is 79.3 Å². The zero-order valence-corrected chi connectivity index (χ0v) is 10.0. The summed E-state index contributed by atoms with van der Waals surface area (Å²) in [4.78, 5) is 26.7. The van der Waals surface area contributed by atoms with Gasteiger partial charge in [0.1, 0.15) is 4.88 Å². The Morgan fingerprint density at radius 2 is 2.31 bits per heavy atom. The molecule has 0 radical (unpaired) electrons. The van der Waals surface area contributed by atoms with E-state index in [0.29, 0.717) is 11.3 Å². The van der Waals surface area contributed by atoms with Crippen molar-refractivity contribution in [2.75, 3.05) is 0 Å². The van der Waals surface area contributed by atoms with E-state index in [9.17, 15) is 9.59 Å². The highest BCUT2D eigenvalue weighted by molar-refractivity contribution is 7.13. The first-order valence-electron chi connectivity index (χ1n) is 4.98. The van der Waals surface area contributed by atoms with Crippen LogP contribution in [0.4, 0.5) is 0 Å². The third-order valence-electron chi connectivity index (χ3n) is 2.09. The number of aryl methyl sites for hydroxylation is 1. The molecule has 1 aromatic heterocycles. The van der Waals surface area contributed by atoms with E-state index < -0.39 is 5.97 Å². The van der Waals surface area contributed by atoms with Crippen LogP contribution in [0.2, 0.25) is 0 Å². The number of aliphatic carboxylic acids is 1. The molecule has 88 valence electrons. The lowest BCUT2D eigenvalue weighted by molar-refractivity contribution is -0.137. The highest BCUT2D eigenvalue weighted by atomic mass is 32.1. The normalized spacial score (nSPS) is 12.1. The quantitative estimate of drug-likeness (QED) is 0.818. The second kappa shape index (κ2) is 5.60. The van der Waals surface area contributed by atoms with Gasteiger partial charge >= 0.3 is 5.97 Å². The number of carbonyl (C=O) groups is 2. The maximum absolute atomic E-state index is 11.7. The van der Waals surface area contributed by atoms with Crippen LogP contribution in [-0.2, 0) is 4.79 Å². The van der Waals surface area contributed by atoms with Crippen molar-refractivity contribution < 1.29 is 14.7 Å². The minimum absolute atomic E-state index is 0.0555. The van der Waals surface area contributed by atoms with Crippen molar-refractivity contribution in [3.63, 3.8) is 0 Å². The molecule has 0 aliphatic heterocycles. The fourth-order valence-corrected chi connectivity index (χ4v) is 1.91. The number of carboxylic acids is 1. The molecule has 0 bridgehead atoms. The third kappa shape index (κ3) is 3.62. The van der Waals surface area contributed by atoms with Crippen LogP contribution in [0, 0.1) is 6.92 Å². The summed E-state index contributed by atoms with van der Waals surface area (Å²) >= 11 is 1.30. The number of carboxylic acid groups (broad SMARTS) is 1. The van der Waals surface area contributed by atoms with Crippen LogP contribution in [0.3, 0.4) is 0 Å². The van der Waals surface area contributed by atoms with Crippen molar-refractivity contribution in [3.05, 3.63) is 16.1 Å². The largest absolute Gasteiger partial charge is 0.481 e. The van der Waals surface area contributed by atoms with Gasteiger partial charge in [-0.15, -0.1) is 11.3 Å². The number of carbonyl (C=O) groups excluding carboxylic acids is 1. The van der Waals surface area contributed by atoms with E-state index >= 15 is 0 Å². The van der Waals surface area contributed by atoms with Crippen molar-refractivity contribution in [2.45, 2.75) is 32.7 Å². The lowest BCUT2D eigenvalue weighted by Gasteiger charge is -2.13. The molecule has 0 aromatic carbocycles.